The molecule has 0 aliphatic heterocycles. The zero-order valence-electron chi connectivity index (χ0n) is 10.1. The number of carbonyl (C=O) groups is 1. The summed E-state index contributed by atoms with van der Waals surface area (Å²) in [5, 5.41) is 8.66. The fraction of sp³-hybridized carbons (Fsp3) is 0.385. The Morgan fingerprint density at radius 2 is 2.28 bits per heavy atom. The quantitative estimate of drug-likeness (QED) is 0.677. The summed E-state index contributed by atoms with van der Waals surface area (Å²) in [6.45, 7) is 0. The summed E-state index contributed by atoms with van der Waals surface area (Å²) in [6.07, 6.45) is 4.92. The smallest absolute Gasteiger partial charge is 0.320 e. The number of hydrogen-bond donors (Lipinski definition) is 3. The highest BCUT2D eigenvalue weighted by atomic mass is 16.4. The van der Waals surface area contributed by atoms with Gasteiger partial charge >= 0.3 is 5.97 Å². The van der Waals surface area contributed by atoms with Crippen molar-refractivity contribution in [3.8, 4) is 0 Å². The molecular formula is C13H17N3O2. The molecule has 1 aromatic carbocycles. The molecule has 0 amide bonds. The molecule has 0 aliphatic rings. The van der Waals surface area contributed by atoms with E-state index >= 15 is 0 Å². The number of imidazole rings is 1. The van der Waals surface area contributed by atoms with Gasteiger partial charge in [0.15, 0.2) is 0 Å². The Morgan fingerprint density at radius 3 is 3.06 bits per heavy atom. The summed E-state index contributed by atoms with van der Waals surface area (Å²) in [5.74, 6) is -0.922. The van der Waals surface area contributed by atoms with Crippen molar-refractivity contribution in [2.75, 3.05) is 0 Å². The van der Waals surface area contributed by atoms with Gasteiger partial charge in [-0.25, -0.2) is 4.98 Å². The number of aromatic nitrogens is 2. The maximum absolute atomic E-state index is 10.5. The number of carboxylic acids is 1. The minimum Gasteiger partial charge on any atom is -0.480 e. The summed E-state index contributed by atoms with van der Waals surface area (Å²) in [6, 6.07) is 5.39. The van der Waals surface area contributed by atoms with E-state index in [-0.39, 0.29) is 0 Å². The first-order chi connectivity index (χ1) is 8.66. The van der Waals surface area contributed by atoms with Gasteiger partial charge in [-0.2, -0.15) is 0 Å². The van der Waals surface area contributed by atoms with E-state index in [0.717, 1.165) is 30.3 Å². The van der Waals surface area contributed by atoms with Crippen LogP contribution in [0.2, 0.25) is 0 Å². The molecule has 1 atom stereocenters. The third-order valence-corrected chi connectivity index (χ3v) is 3.03. The minimum absolute atomic E-state index is 0.529. The largest absolute Gasteiger partial charge is 0.480 e. The predicted molar refractivity (Wildman–Crippen MR) is 69.3 cm³/mol. The zero-order chi connectivity index (χ0) is 13.0. The van der Waals surface area contributed by atoms with E-state index in [0.29, 0.717) is 6.42 Å². The summed E-state index contributed by atoms with van der Waals surface area (Å²) >= 11 is 0. The number of aryl methyl sites for hydroxylation is 1. The number of aromatic amines is 1. The van der Waals surface area contributed by atoms with E-state index in [4.69, 9.17) is 10.8 Å². The van der Waals surface area contributed by atoms with Crippen LogP contribution >= 0.6 is 0 Å². The first kappa shape index (κ1) is 12.6. The molecular weight excluding hydrogens is 230 g/mol. The fourth-order valence-corrected chi connectivity index (χ4v) is 1.96. The van der Waals surface area contributed by atoms with E-state index in [1.54, 1.807) is 6.33 Å². The SMILES string of the molecule is NC(CCCCc1ccc2nc[nH]c2c1)C(=O)O. The van der Waals surface area contributed by atoms with Gasteiger partial charge in [0, 0.05) is 0 Å². The second kappa shape index (κ2) is 5.64. The number of nitrogens with two attached hydrogens (primary N) is 1. The Morgan fingerprint density at radius 1 is 1.44 bits per heavy atom. The van der Waals surface area contributed by atoms with Gasteiger partial charge < -0.3 is 15.8 Å². The van der Waals surface area contributed by atoms with Crippen LogP contribution in [0.15, 0.2) is 24.5 Å². The topological polar surface area (TPSA) is 92.0 Å². The summed E-state index contributed by atoms with van der Waals surface area (Å²) in [5.41, 5.74) is 8.68. The zero-order valence-corrected chi connectivity index (χ0v) is 10.1. The van der Waals surface area contributed by atoms with E-state index < -0.39 is 12.0 Å². The van der Waals surface area contributed by atoms with Crippen LogP contribution in [0.4, 0.5) is 0 Å². The first-order valence-corrected chi connectivity index (χ1v) is 6.07. The number of carboxylic acid groups (broad SMARTS) is 1. The molecule has 0 saturated heterocycles. The molecule has 5 nitrogen and oxygen atoms in total. The van der Waals surface area contributed by atoms with Crippen LogP contribution in [-0.2, 0) is 11.2 Å². The Balaban J connectivity index is 1.81. The lowest BCUT2D eigenvalue weighted by Crippen LogP contribution is -2.29. The first-order valence-electron chi connectivity index (χ1n) is 6.07. The molecule has 0 bridgehead atoms. The highest BCUT2D eigenvalue weighted by Crippen LogP contribution is 2.14. The molecule has 0 saturated carbocycles. The average Bonchev–Trinajstić information content (AvgIpc) is 2.81. The van der Waals surface area contributed by atoms with Gasteiger partial charge in [0.25, 0.3) is 0 Å². The number of H-pyrrole nitrogens is 1. The van der Waals surface area contributed by atoms with Gasteiger partial charge in [0.05, 0.1) is 17.4 Å². The predicted octanol–water partition coefficient (Wildman–Crippen LogP) is 1.69. The van der Waals surface area contributed by atoms with E-state index in [9.17, 15) is 4.79 Å². The second-order valence-electron chi connectivity index (χ2n) is 4.44. The molecule has 4 N–H and O–H groups in total. The fourth-order valence-electron chi connectivity index (χ4n) is 1.96. The van der Waals surface area contributed by atoms with Gasteiger partial charge in [-0.05, 0) is 37.0 Å². The van der Waals surface area contributed by atoms with Crippen LogP contribution in [0.5, 0.6) is 0 Å². The van der Waals surface area contributed by atoms with Crippen LogP contribution in [0, 0.1) is 0 Å². The van der Waals surface area contributed by atoms with Crippen molar-refractivity contribution in [1.82, 2.24) is 9.97 Å². The molecule has 0 spiro atoms. The number of nitrogens with one attached hydrogen (secondary N) is 1. The van der Waals surface area contributed by atoms with Crippen molar-refractivity contribution in [3.05, 3.63) is 30.1 Å². The number of fused-ring (bicyclic) bond motifs is 1. The number of hydrogen-bond acceptors (Lipinski definition) is 3. The highest BCUT2D eigenvalue weighted by Gasteiger charge is 2.10. The van der Waals surface area contributed by atoms with Crippen LogP contribution in [0.3, 0.4) is 0 Å². The van der Waals surface area contributed by atoms with Gasteiger partial charge in [0.1, 0.15) is 6.04 Å². The molecule has 2 aromatic rings. The van der Waals surface area contributed by atoms with E-state index in [1.165, 1.54) is 5.56 Å². The molecule has 5 heteroatoms. The van der Waals surface area contributed by atoms with Crippen molar-refractivity contribution < 1.29 is 9.90 Å². The molecule has 2 rings (SSSR count). The van der Waals surface area contributed by atoms with E-state index in [2.05, 4.69) is 22.1 Å². The Hall–Kier alpha value is -1.88. The average molecular weight is 247 g/mol. The van der Waals surface area contributed by atoms with Crippen LogP contribution < -0.4 is 5.73 Å². The van der Waals surface area contributed by atoms with Crippen molar-refractivity contribution in [3.63, 3.8) is 0 Å². The molecule has 0 radical (unpaired) electrons. The second-order valence-corrected chi connectivity index (χ2v) is 4.44. The minimum atomic E-state index is -0.922. The monoisotopic (exact) mass is 247 g/mol. The third-order valence-electron chi connectivity index (χ3n) is 3.03. The van der Waals surface area contributed by atoms with E-state index in [1.807, 2.05) is 6.07 Å². The Labute approximate surface area is 105 Å². The Kier molecular flexibility index (Phi) is 3.94. The summed E-state index contributed by atoms with van der Waals surface area (Å²) < 4.78 is 0. The molecule has 1 unspecified atom stereocenters. The maximum Gasteiger partial charge on any atom is 0.320 e. The lowest BCUT2D eigenvalue weighted by molar-refractivity contribution is -0.138. The number of benzene rings is 1. The standard InChI is InChI=1S/C13H17N3O2/c14-10(13(17)18)4-2-1-3-9-5-6-11-12(7-9)16-8-15-11/h5-8,10H,1-4,14H2,(H,15,16)(H,17,18). The van der Waals surface area contributed by atoms with Crippen molar-refractivity contribution in [2.24, 2.45) is 5.73 Å². The van der Waals surface area contributed by atoms with Crippen LogP contribution in [0.1, 0.15) is 24.8 Å². The number of unbranched alkanes of at least 4 members (excludes halogenated alkanes) is 1. The summed E-state index contributed by atoms with van der Waals surface area (Å²) in [4.78, 5) is 17.8. The van der Waals surface area contributed by atoms with Crippen LogP contribution in [-0.4, -0.2) is 27.1 Å². The number of aliphatic carboxylic acids is 1. The van der Waals surface area contributed by atoms with Crippen molar-refractivity contribution >= 4 is 17.0 Å². The molecule has 1 aromatic heterocycles. The van der Waals surface area contributed by atoms with Crippen molar-refractivity contribution in [2.45, 2.75) is 31.7 Å². The lowest BCUT2D eigenvalue weighted by atomic mass is 10.0. The molecule has 0 fully saturated rings. The normalized spacial score (nSPS) is 12.7. The van der Waals surface area contributed by atoms with Crippen molar-refractivity contribution in [1.29, 1.82) is 0 Å². The summed E-state index contributed by atoms with van der Waals surface area (Å²) in [7, 11) is 0. The number of nitrogens with zero attached hydrogens (tertiary/aromatic N) is 1. The van der Waals surface area contributed by atoms with Gasteiger partial charge in [0.2, 0.25) is 0 Å². The van der Waals surface area contributed by atoms with Gasteiger partial charge in [-0.1, -0.05) is 12.5 Å². The Bertz CT molecular complexity index is 536. The molecule has 96 valence electrons. The lowest BCUT2D eigenvalue weighted by Gasteiger charge is -2.06. The van der Waals surface area contributed by atoms with Gasteiger partial charge in [-0.15, -0.1) is 0 Å². The van der Waals surface area contributed by atoms with Gasteiger partial charge in [-0.3, -0.25) is 4.79 Å². The van der Waals surface area contributed by atoms with Crippen LogP contribution in [0.25, 0.3) is 11.0 Å². The number of rotatable bonds is 6. The maximum atomic E-state index is 10.5. The highest BCUT2D eigenvalue weighted by molar-refractivity contribution is 5.75. The molecule has 0 aliphatic carbocycles. The molecule has 1 heterocycles. The third kappa shape index (κ3) is 3.07. The molecule has 18 heavy (non-hydrogen) atoms.